The third kappa shape index (κ3) is 3.80. The number of carbonyl (C=O) groups excluding carboxylic acids is 1. The minimum atomic E-state index is -0.220. The van der Waals surface area contributed by atoms with E-state index in [1.807, 2.05) is 11.8 Å². The summed E-state index contributed by atoms with van der Waals surface area (Å²) in [5.41, 5.74) is 0.512. The number of methoxy groups -OCH3 is 2. The van der Waals surface area contributed by atoms with Crippen molar-refractivity contribution < 1.29 is 14.3 Å². The van der Waals surface area contributed by atoms with Gasteiger partial charge in [-0.3, -0.25) is 0 Å². The Morgan fingerprint density at radius 3 is 2.65 bits per heavy atom. The van der Waals surface area contributed by atoms with E-state index in [1.165, 1.54) is 0 Å². The molecular weight excluding hydrogens is 276 g/mol. The molecule has 0 aliphatic carbocycles. The van der Waals surface area contributed by atoms with Crippen molar-refractivity contribution >= 4 is 23.5 Å². The Morgan fingerprint density at radius 1 is 1.35 bits per heavy atom. The number of ether oxygens (including phenoxy) is 2. The van der Waals surface area contributed by atoms with Crippen LogP contribution < -0.4 is 15.4 Å². The molecule has 1 aromatic rings. The largest absolute Gasteiger partial charge is 0.497 e. The standard InChI is InChI=1S/C14H20N2O3S/c1-18-12-5-3-11(4-6-12)16-13(17)15-9-14(19-2)7-8-20-10-14/h3-6H,7-10H2,1-2H3,(H2,15,16,17)/t14-/m0/s1. The lowest BCUT2D eigenvalue weighted by Crippen LogP contribution is -2.45. The van der Waals surface area contributed by atoms with E-state index in [2.05, 4.69) is 10.6 Å². The van der Waals surface area contributed by atoms with Crippen LogP contribution in [0.4, 0.5) is 10.5 Å². The van der Waals surface area contributed by atoms with Crippen LogP contribution in [0.25, 0.3) is 0 Å². The van der Waals surface area contributed by atoms with Crippen LogP contribution in [0.1, 0.15) is 6.42 Å². The molecular formula is C14H20N2O3S. The molecule has 2 N–H and O–H groups in total. The van der Waals surface area contributed by atoms with E-state index in [0.717, 1.165) is 29.4 Å². The molecule has 5 nitrogen and oxygen atoms in total. The molecule has 1 aromatic carbocycles. The fourth-order valence-corrected chi connectivity index (χ4v) is 3.45. The van der Waals surface area contributed by atoms with E-state index < -0.39 is 0 Å². The van der Waals surface area contributed by atoms with Gasteiger partial charge < -0.3 is 20.1 Å². The van der Waals surface area contributed by atoms with Crippen molar-refractivity contribution in [3.63, 3.8) is 0 Å². The monoisotopic (exact) mass is 296 g/mol. The van der Waals surface area contributed by atoms with Gasteiger partial charge in [0.15, 0.2) is 0 Å². The van der Waals surface area contributed by atoms with Crippen molar-refractivity contribution in [2.24, 2.45) is 0 Å². The van der Waals surface area contributed by atoms with Gasteiger partial charge in [-0.05, 0) is 36.4 Å². The first-order valence-electron chi connectivity index (χ1n) is 6.49. The first-order valence-corrected chi connectivity index (χ1v) is 7.65. The Labute approximate surface area is 123 Å². The molecule has 1 fully saturated rings. The van der Waals surface area contributed by atoms with Crippen LogP contribution in [0.5, 0.6) is 5.75 Å². The lowest BCUT2D eigenvalue weighted by molar-refractivity contribution is 0.0161. The summed E-state index contributed by atoms with van der Waals surface area (Å²) in [6.07, 6.45) is 0.969. The van der Waals surface area contributed by atoms with Gasteiger partial charge in [-0.1, -0.05) is 0 Å². The smallest absolute Gasteiger partial charge is 0.319 e. The average molecular weight is 296 g/mol. The predicted molar refractivity (Wildman–Crippen MR) is 81.7 cm³/mol. The normalized spacial score (nSPS) is 21.5. The zero-order valence-electron chi connectivity index (χ0n) is 11.8. The summed E-state index contributed by atoms with van der Waals surface area (Å²) in [6.45, 7) is 0.526. The fraction of sp³-hybridized carbons (Fsp3) is 0.500. The fourth-order valence-electron chi connectivity index (χ4n) is 2.05. The van der Waals surface area contributed by atoms with Gasteiger partial charge in [-0.2, -0.15) is 11.8 Å². The average Bonchev–Trinajstić information content (AvgIpc) is 2.95. The summed E-state index contributed by atoms with van der Waals surface area (Å²) in [4.78, 5) is 11.9. The number of urea groups is 1. The zero-order valence-corrected chi connectivity index (χ0v) is 12.6. The Kier molecular flexibility index (Phi) is 5.14. The van der Waals surface area contributed by atoms with Gasteiger partial charge in [0.05, 0.1) is 12.7 Å². The highest BCUT2D eigenvalue weighted by molar-refractivity contribution is 7.99. The number of amides is 2. The predicted octanol–water partition coefficient (Wildman–Crippen LogP) is 2.34. The highest BCUT2D eigenvalue weighted by Crippen LogP contribution is 2.30. The Hall–Kier alpha value is -1.40. The van der Waals surface area contributed by atoms with Gasteiger partial charge in [0.25, 0.3) is 0 Å². The van der Waals surface area contributed by atoms with E-state index in [1.54, 1.807) is 38.5 Å². The minimum Gasteiger partial charge on any atom is -0.497 e. The van der Waals surface area contributed by atoms with Gasteiger partial charge in [0.2, 0.25) is 0 Å². The molecule has 0 saturated carbocycles. The quantitative estimate of drug-likeness (QED) is 0.875. The molecule has 0 radical (unpaired) electrons. The second kappa shape index (κ2) is 6.85. The van der Waals surface area contributed by atoms with Gasteiger partial charge in [0.1, 0.15) is 5.75 Å². The second-order valence-corrected chi connectivity index (χ2v) is 5.83. The molecule has 2 amide bonds. The Balaban J connectivity index is 1.82. The molecule has 110 valence electrons. The molecule has 1 aliphatic heterocycles. The van der Waals surface area contributed by atoms with Gasteiger partial charge in [-0.15, -0.1) is 0 Å². The lowest BCUT2D eigenvalue weighted by atomic mass is 10.0. The molecule has 1 saturated heterocycles. The van der Waals surface area contributed by atoms with Crippen molar-refractivity contribution in [3.05, 3.63) is 24.3 Å². The first kappa shape index (κ1) is 15.0. The SMILES string of the molecule is COc1ccc(NC(=O)NC[C@@]2(OC)CCSC2)cc1. The Morgan fingerprint density at radius 2 is 2.10 bits per heavy atom. The summed E-state index contributed by atoms with van der Waals surface area (Å²) in [7, 11) is 3.31. The molecule has 2 rings (SSSR count). The molecule has 0 aromatic heterocycles. The van der Waals surface area contributed by atoms with E-state index in [9.17, 15) is 4.79 Å². The molecule has 1 heterocycles. The van der Waals surface area contributed by atoms with Crippen molar-refractivity contribution in [2.45, 2.75) is 12.0 Å². The molecule has 20 heavy (non-hydrogen) atoms. The topological polar surface area (TPSA) is 59.6 Å². The van der Waals surface area contributed by atoms with Crippen LogP contribution in [-0.4, -0.2) is 43.9 Å². The van der Waals surface area contributed by atoms with Crippen LogP contribution in [0, 0.1) is 0 Å². The number of hydrogen-bond donors (Lipinski definition) is 2. The molecule has 1 atom stereocenters. The van der Waals surface area contributed by atoms with Crippen LogP contribution in [0.15, 0.2) is 24.3 Å². The van der Waals surface area contributed by atoms with Gasteiger partial charge >= 0.3 is 6.03 Å². The molecule has 0 unspecified atom stereocenters. The number of nitrogens with one attached hydrogen (secondary N) is 2. The van der Waals surface area contributed by atoms with E-state index in [-0.39, 0.29) is 11.6 Å². The number of benzene rings is 1. The number of rotatable bonds is 5. The molecule has 1 aliphatic rings. The lowest BCUT2D eigenvalue weighted by Gasteiger charge is -2.26. The van der Waals surface area contributed by atoms with E-state index in [0.29, 0.717) is 6.54 Å². The third-order valence-corrected chi connectivity index (χ3v) is 4.64. The Bertz CT molecular complexity index is 444. The maximum Gasteiger partial charge on any atom is 0.319 e. The number of hydrogen-bond acceptors (Lipinski definition) is 4. The number of thioether (sulfide) groups is 1. The van der Waals surface area contributed by atoms with E-state index in [4.69, 9.17) is 9.47 Å². The van der Waals surface area contributed by atoms with Crippen LogP contribution in [-0.2, 0) is 4.74 Å². The van der Waals surface area contributed by atoms with Crippen LogP contribution in [0.3, 0.4) is 0 Å². The number of carbonyl (C=O) groups is 1. The highest BCUT2D eigenvalue weighted by atomic mass is 32.2. The van der Waals surface area contributed by atoms with Crippen LogP contribution >= 0.6 is 11.8 Å². The van der Waals surface area contributed by atoms with Crippen molar-refractivity contribution in [1.82, 2.24) is 5.32 Å². The van der Waals surface area contributed by atoms with Crippen molar-refractivity contribution in [1.29, 1.82) is 0 Å². The van der Waals surface area contributed by atoms with Gasteiger partial charge in [0, 0.05) is 25.1 Å². The summed E-state index contributed by atoms with van der Waals surface area (Å²) in [5, 5.41) is 5.66. The van der Waals surface area contributed by atoms with Crippen molar-refractivity contribution in [3.8, 4) is 5.75 Å². The second-order valence-electron chi connectivity index (χ2n) is 4.73. The van der Waals surface area contributed by atoms with E-state index >= 15 is 0 Å². The maximum atomic E-state index is 11.9. The highest BCUT2D eigenvalue weighted by Gasteiger charge is 2.34. The van der Waals surface area contributed by atoms with Crippen molar-refractivity contribution in [2.75, 3.05) is 37.6 Å². The zero-order chi connectivity index (χ0) is 14.4. The summed E-state index contributed by atoms with van der Waals surface area (Å²) in [6, 6.07) is 6.99. The summed E-state index contributed by atoms with van der Waals surface area (Å²) in [5.74, 6) is 2.76. The minimum absolute atomic E-state index is 0.219. The maximum absolute atomic E-state index is 11.9. The first-order chi connectivity index (χ1) is 9.67. The summed E-state index contributed by atoms with van der Waals surface area (Å²) >= 11 is 1.85. The number of anilines is 1. The van der Waals surface area contributed by atoms with Crippen LogP contribution in [0.2, 0.25) is 0 Å². The molecule has 6 heteroatoms. The third-order valence-electron chi connectivity index (χ3n) is 3.42. The molecule has 0 bridgehead atoms. The summed E-state index contributed by atoms with van der Waals surface area (Å²) < 4.78 is 10.6. The molecule has 0 spiro atoms. The van der Waals surface area contributed by atoms with Gasteiger partial charge in [-0.25, -0.2) is 4.79 Å².